The molecule has 1 fully saturated rings. The van der Waals surface area contributed by atoms with Crippen LogP contribution in [-0.4, -0.2) is 36.8 Å². The molecule has 0 aliphatic carbocycles. The van der Waals surface area contributed by atoms with Gasteiger partial charge in [-0.2, -0.15) is 4.98 Å². The first-order chi connectivity index (χ1) is 14.1. The van der Waals surface area contributed by atoms with Gasteiger partial charge in [-0.3, -0.25) is 4.79 Å². The second-order valence-electron chi connectivity index (χ2n) is 6.92. The zero-order valence-corrected chi connectivity index (χ0v) is 16.7. The number of benzene rings is 2. The van der Waals surface area contributed by atoms with Gasteiger partial charge in [0.25, 0.3) is 5.89 Å². The first-order valence-electron chi connectivity index (χ1n) is 9.58. The van der Waals surface area contributed by atoms with Gasteiger partial charge in [0, 0.05) is 30.1 Å². The van der Waals surface area contributed by atoms with Gasteiger partial charge >= 0.3 is 0 Å². The van der Waals surface area contributed by atoms with E-state index in [4.69, 9.17) is 14.0 Å². The van der Waals surface area contributed by atoms with Crippen molar-refractivity contribution in [3.05, 3.63) is 53.9 Å². The number of aromatic nitrogens is 2. The number of carbonyl (C=O) groups is 1. The molecule has 29 heavy (non-hydrogen) atoms. The quantitative estimate of drug-likeness (QED) is 0.633. The monoisotopic (exact) mass is 393 g/mol. The number of rotatable bonds is 6. The van der Waals surface area contributed by atoms with Gasteiger partial charge in [0.1, 0.15) is 0 Å². The number of carbonyl (C=O) groups excluding carboxylic acids is 1. The highest BCUT2D eigenvalue weighted by molar-refractivity contribution is 5.97. The Balaban J connectivity index is 1.57. The molecule has 4 rings (SSSR count). The zero-order valence-electron chi connectivity index (χ0n) is 16.7. The summed E-state index contributed by atoms with van der Waals surface area (Å²) < 4.78 is 16.1. The Morgan fingerprint density at radius 2 is 1.93 bits per heavy atom. The van der Waals surface area contributed by atoms with Gasteiger partial charge in [0.2, 0.25) is 5.91 Å². The maximum Gasteiger partial charge on any atom is 0.258 e. The van der Waals surface area contributed by atoms with Gasteiger partial charge in [-0.15, -0.1) is 0 Å². The van der Waals surface area contributed by atoms with E-state index in [1.807, 2.05) is 29.2 Å². The molecule has 150 valence electrons. The average Bonchev–Trinajstić information content (AvgIpc) is 3.40. The highest BCUT2D eigenvalue weighted by atomic mass is 16.5. The van der Waals surface area contributed by atoms with Crippen LogP contribution in [-0.2, 0) is 11.2 Å². The Bertz CT molecular complexity index is 1030. The van der Waals surface area contributed by atoms with Gasteiger partial charge in [-0.1, -0.05) is 30.3 Å². The van der Waals surface area contributed by atoms with Crippen molar-refractivity contribution in [1.29, 1.82) is 0 Å². The minimum absolute atomic E-state index is 0.0772. The van der Waals surface area contributed by atoms with E-state index in [9.17, 15) is 4.79 Å². The van der Waals surface area contributed by atoms with Crippen LogP contribution >= 0.6 is 0 Å². The molecular weight excluding hydrogens is 370 g/mol. The average molecular weight is 393 g/mol. The summed E-state index contributed by atoms with van der Waals surface area (Å²) in [4.78, 5) is 19.0. The molecule has 1 aliphatic heterocycles. The predicted molar refractivity (Wildman–Crippen MR) is 108 cm³/mol. The van der Waals surface area contributed by atoms with E-state index >= 15 is 0 Å². The van der Waals surface area contributed by atoms with Gasteiger partial charge < -0.3 is 18.9 Å². The SMILES string of the molecule is CCc1ccccc1N1CC(c2noc(-c3ccc(OC)c(OC)c3)n2)CC1=O. The molecule has 1 atom stereocenters. The van der Waals surface area contributed by atoms with Crippen LogP contribution in [0.5, 0.6) is 11.5 Å². The van der Waals surface area contributed by atoms with E-state index in [2.05, 4.69) is 23.1 Å². The Labute approximate surface area is 169 Å². The van der Waals surface area contributed by atoms with E-state index in [0.29, 0.717) is 36.2 Å². The highest BCUT2D eigenvalue weighted by Crippen LogP contribution is 2.35. The minimum Gasteiger partial charge on any atom is -0.493 e. The van der Waals surface area contributed by atoms with Crippen LogP contribution in [0.15, 0.2) is 47.0 Å². The molecule has 1 saturated heterocycles. The van der Waals surface area contributed by atoms with E-state index in [1.54, 1.807) is 26.4 Å². The van der Waals surface area contributed by atoms with E-state index in [0.717, 1.165) is 23.2 Å². The lowest BCUT2D eigenvalue weighted by molar-refractivity contribution is -0.117. The van der Waals surface area contributed by atoms with Crippen molar-refractivity contribution in [2.45, 2.75) is 25.7 Å². The lowest BCUT2D eigenvalue weighted by Crippen LogP contribution is -2.25. The number of hydrogen-bond acceptors (Lipinski definition) is 6. The normalized spacial score (nSPS) is 16.3. The molecule has 2 heterocycles. The standard InChI is InChI=1S/C22H23N3O4/c1-4-14-7-5-6-8-17(14)25-13-16(12-20(25)26)21-23-22(29-24-21)15-9-10-18(27-2)19(11-15)28-3/h5-11,16H,4,12-13H2,1-3H3. The zero-order chi connectivity index (χ0) is 20.4. The van der Waals surface area contributed by atoms with Crippen LogP contribution in [0.3, 0.4) is 0 Å². The van der Waals surface area contributed by atoms with Crippen molar-refractivity contribution in [2.24, 2.45) is 0 Å². The van der Waals surface area contributed by atoms with Crippen molar-refractivity contribution in [2.75, 3.05) is 25.7 Å². The molecule has 0 radical (unpaired) electrons. The Kier molecular flexibility index (Phi) is 5.20. The van der Waals surface area contributed by atoms with Crippen molar-refractivity contribution in [1.82, 2.24) is 10.1 Å². The lowest BCUT2D eigenvalue weighted by atomic mass is 10.1. The summed E-state index contributed by atoms with van der Waals surface area (Å²) >= 11 is 0. The van der Waals surface area contributed by atoms with Crippen LogP contribution in [0.1, 0.15) is 30.7 Å². The molecule has 1 aliphatic rings. The summed E-state index contributed by atoms with van der Waals surface area (Å²) in [5, 5.41) is 4.14. The summed E-state index contributed by atoms with van der Waals surface area (Å²) in [6.45, 7) is 2.63. The molecule has 0 N–H and O–H groups in total. The molecular formula is C22H23N3O4. The number of para-hydroxylation sites is 1. The smallest absolute Gasteiger partial charge is 0.258 e. The maximum absolute atomic E-state index is 12.7. The number of aryl methyl sites for hydroxylation is 1. The fourth-order valence-corrected chi connectivity index (χ4v) is 3.67. The second kappa shape index (κ2) is 7.95. The summed E-state index contributed by atoms with van der Waals surface area (Å²) in [5.74, 6) is 2.12. The summed E-state index contributed by atoms with van der Waals surface area (Å²) in [7, 11) is 3.16. The molecule has 0 bridgehead atoms. The third-order valence-corrected chi connectivity index (χ3v) is 5.23. The maximum atomic E-state index is 12.7. The molecule has 1 amide bonds. The topological polar surface area (TPSA) is 77.7 Å². The Morgan fingerprint density at radius 3 is 2.69 bits per heavy atom. The van der Waals surface area contributed by atoms with Crippen LogP contribution < -0.4 is 14.4 Å². The molecule has 7 nitrogen and oxygen atoms in total. The molecule has 7 heteroatoms. The van der Waals surface area contributed by atoms with Crippen molar-refractivity contribution >= 4 is 11.6 Å². The number of nitrogens with zero attached hydrogens (tertiary/aromatic N) is 3. The van der Waals surface area contributed by atoms with Crippen molar-refractivity contribution < 1.29 is 18.8 Å². The largest absolute Gasteiger partial charge is 0.493 e. The lowest BCUT2D eigenvalue weighted by Gasteiger charge is -2.19. The first-order valence-corrected chi connectivity index (χ1v) is 9.58. The summed E-state index contributed by atoms with van der Waals surface area (Å²) in [5.41, 5.74) is 2.85. The van der Waals surface area contributed by atoms with E-state index in [-0.39, 0.29) is 11.8 Å². The molecule has 1 aromatic heterocycles. The van der Waals surface area contributed by atoms with Crippen LogP contribution in [0, 0.1) is 0 Å². The number of ether oxygens (including phenoxy) is 2. The van der Waals surface area contributed by atoms with Crippen molar-refractivity contribution in [3.63, 3.8) is 0 Å². The minimum atomic E-state index is -0.106. The van der Waals surface area contributed by atoms with Crippen LogP contribution in [0.2, 0.25) is 0 Å². The third-order valence-electron chi connectivity index (χ3n) is 5.23. The van der Waals surface area contributed by atoms with Gasteiger partial charge in [0.15, 0.2) is 17.3 Å². The second-order valence-corrected chi connectivity index (χ2v) is 6.92. The third kappa shape index (κ3) is 3.55. The highest BCUT2D eigenvalue weighted by Gasteiger charge is 2.35. The number of methoxy groups -OCH3 is 2. The number of amides is 1. The van der Waals surface area contributed by atoms with Gasteiger partial charge in [0.05, 0.1) is 14.2 Å². The first kappa shape index (κ1) is 19.0. The molecule has 2 aromatic carbocycles. The Hall–Kier alpha value is -3.35. The fourth-order valence-electron chi connectivity index (χ4n) is 3.67. The number of hydrogen-bond donors (Lipinski definition) is 0. The van der Waals surface area contributed by atoms with E-state index in [1.165, 1.54) is 0 Å². The van der Waals surface area contributed by atoms with Gasteiger partial charge in [-0.05, 0) is 36.2 Å². The molecule has 3 aromatic rings. The van der Waals surface area contributed by atoms with Crippen LogP contribution in [0.4, 0.5) is 5.69 Å². The van der Waals surface area contributed by atoms with Crippen molar-refractivity contribution in [3.8, 4) is 23.0 Å². The summed E-state index contributed by atoms with van der Waals surface area (Å²) in [6.07, 6.45) is 1.24. The summed E-state index contributed by atoms with van der Waals surface area (Å²) in [6, 6.07) is 13.4. The van der Waals surface area contributed by atoms with Gasteiger partial charge in [-0.25, -0.2) is 0 Å². The predicted octanol–water partition coefficient (Wildman–Crippen LogP) is 3.84. The van der Waals surface area contributed by atoms with Crippen LogP contribution in [0.25, 0.3) is 11.5 Å². The molecule has 0 saturated carbocycles. The molecule has 1 unspecified atom stereocenters. The Morgan fingerprint density at radius 1 is 1.14 bits per heavy atom. The fraction of sp³-hybridized carbons (Fsp3) is 0.318. The molecule has 0 spiro atoms. The number of anilines is 1. The van der Waals surface area contributed by atoms with E-state index < -0.39 is 0 Å².